The topological polar surface area (TPSA) is 21.7 Å². The Bertz CT molecular complexity index is 328. The maximum Gasteiger partial charge on any atom is 0.0997 e. The summed E-state index contributed by atoms with van der Waals surface area (Å²) in [6.45, 7) is 3.04. The van der Waals surface area contributed by atoms with Gasteiger partial charge in [0.25, 0.3) is 0 Å². The van der Waals surface area contributed by atoms with Gasteiger partial charge in [0.2, 0.25) is 0 Å². The van der Waals surface area contributed by atoms with Gasteiger partial charge in [-0.3, -0.25) is 4.90 Å². The molecule has 88 valence electrons. The van der Waals surface area contributed by atoms with E-state index in [-0.39, 0.29) is 0 Å². The molecule has 1 aliphatic heterocycles. The van der Waals surface area contributed by atoms with Gasteiger partial charge >= 0.3 is 0 Å². The van der Waals surface area contributed by atoms with E-state index in [1.54, 1.807) is 7.11 Å². The Hall–Kier alpha value is -0.610. The first-order chi connectivity index (χ1) is 7.81. The molecule has 0 bridgehead atoms. The molecule has 2 rings (SSSR count). The van der Waals surface area contributed by atoms with Crippen LogP contribution < -0.4 is 0 Å². The van der Waals surface area contributed by atoms with Crippen LogP contribution in [0.2, 0.25) is 5.02 Å². The molecule has 1 saturated heterocycles. The molecule has 1 heterocycles. The highest BCUT2D eigenvalue weighted by Gasteiger charge is 2.26. The Labute approximate surface area is 101 Å². The van der Waals surface area contributed by atoms with E-state index >= 15 is 0 Å². The van der Waals surface area contributed by atoms with Crippen molar-refractivity contribution in [2.75, 3.05) is 33.6 Å². The van der Waals surface area contributed by atoms with E-state index in [0.29, 0.717) is 12.8 Å². The molecule has 4 heteroatoms. The molecular formula is C12H16ClNO2. The molecule has 0 aliphatic carbocycles. The lowest BCUT2D eigenvalue weighted by molar-refractivity contribution is 0.104. The molecule has 1 aliphatic rings. The standard InChI is InChI=1S/C12H16ClNO2/c1-15-7-6-14-9-16-8-12(14)10-2-4-11(13)5-3-10/h2-5,12H,6-9H2,1H3. The molecule has 1 atom stereocenters. The van der Waals surface area contributed by atoms with E-state index in [0.717, 1.165) is 24.8 Å². The molecule has 16 heavy (non-hydrogen) atoms. The Morgan fingerprint density at radius 2 is 2.19 bits per heavy atom. The van der Waals surface area contributed by atoms with Crippen LogP contribution in [0, 0.1) is 0 Å². The third-order valence-corrected chi connectivity index (χ3v) is 3.06. The minimum Gasteiger partial charge on any atom is -0.383 e. The largest absolute Gasteiger partial charge is 0.383 e. The Morgan fingerprint density at radius 1 is 1.44 bits per heavy atom. The van der Waals surface area contributed by atoms with Crippen molar-refractivity contribution >= 4 is 11.6 Å². The molecule has 1 aromatic carbocycles. The fourth-order valence-electron chi connectivity index (χ4n) is 1.90. The molecule has 0 saturated carbocycles. The van der Waals surface area contributed by atoms with Gasteiger partial charge in [-0.2, -0.15) is 0 Å². The van der Waals surface area contributed by atoms with Crippen LogP contribution in [0.1, 0.15) is 11.6 Å². The Morgan fingerprint density at radius 3 is 2.88 bits per heavy atom. The zero-order valence-corrected chi connectivity index (χ0v) is 10.1. The molecule has 0 radical (unpaired) electrons. The highest BCUT2D eigenvalue weighted by molar-refractivity contribution is 6.30. The summed E-state index contributed by atoms with van der Waals surface area (Å²) in [4.78, 5) is 2.27. The molecule has 3 nitrogen and oxygen atoms in total. The van der Waals surface area contributed by atoms with Gasteiger partial charge in [-0.25, -0.2) is 0 Å². The van der Waals surface area contributed by atoms with Gasteiger partial charge in [-0.1, -0.05) is 23.7 Å². The summed E-state index contributed by atoms with van der Waals surface area (Å²) in [7, 11) is 1.72. The average Bonchev–Trinajstić information content (AvgIpc) is 2.75. The van der Waals surface area contributed by atoms with Crippen LogP contribution in [-0.4, -0.2) is 38.5 Å². The summed E-state index contributed by atoms with van der Waals surface area (Å²) in [6.07, 6.45) is 0. The van der Waals surface area contributed by atoms with Crippen LogP contribution >= 0.6 is 11.6 Å². The quantitative estimate of drug-likeness (QED) is 0.808. The number of hydrogen-bond donors (Lipinski definition) is 0. The lowest BCUT2D eigenvalue weighted by atomic mass is 10.1. The van der Waals surface area contributed by atoms with Gasteiger partial charge in [0, 0.05) is 18.7 Å². The number of halogens is 1. The summed E-state index contributed by atoms with van der Waals surface area (Å²) < 4.78 is 10.6. The first-order valence-corrected chi connectivity index (χ1v) is 5.75. The van der Waals surface area contributed by atoms with Gasteiger partial charge < -0.3 is 9.47 Å². The van der Waals surface area contributed by atoms with E-state index in [2.05, 4.69) is 17.0 Å². The normalized spacial score (nSPS) is 21.5. The molecule has 0 amide bonds. The van der Waals surface area contributed by atoms with E-state index in [1.165, 1.54) is 5.56 Å². The average molecular weight is 242 g/mol. The number of benzene rings is 1. The van der Waals surface area contributed by atoms with Crippen molar-refractivity contribution < 1.29 is 9.47 Å². The highest BCUT2D eigenvalue weighted by Crippen LogP contribution is 2.26. The molecule has 0 spiro atoms. The summed E-state index contributed by atoms with van der Waals surface area (Å²) in [5.41, 5.74) is 1.25. The zero-order chi connectivity index (χ0) is 11.4. The number of nitrogens with zero attached hydrogens (tertiary/aromatic N) is 1. The number of hydrogen-bond acceptors (Lipinski definition) is 3. The first-order valence-electron chi connectivity index (χ1n) is 5.37. The van der Waals surface area contributed by atoms with Crippen molar-refractivity contribution in [2.24, 2.45) is 0 Å². The summed E-state index contributed by atoms with van der Waals surface area (Å²) in [5, 5.41) is 0.770. The Kier molecular flexibility index (Phi) is 4.18. The minimum absolute atomic E-state index is 0.326. The number of methoxy groups -OCH3 is 1. The smallest absolute Gasteiger partial charge is 0.0997 e. The summed E-state index contributed by atoms with van der Waals surface area (Å²) >= 11 is 5.87. The van der Waals surface area contributed by atoms with E-state index in [1.807, 2.05) is 12.1 Å². The summed E-state index contributed by atoms with van der Waals surface area (Å²) in [5.74, 6) is 0. The van der Waals surface area contributed by atoms with Gasteiger partial charge in [0.15, 0.2) is 0 Å². The molecule has 1 unspecified atom stereocenters. The van der Waals surface area contributed by atoms with Gasteiger partial charge in [0.05, 0.1) is 26.0 Å². The molecule has 0 aromatic heterocycles. The molecular weight excluding hydrogens is 226 g/mol. The van der Waals surface area contributed by atoms with Crippen molar-refractivity contribution in [1.82, 2.24) is 4.90 Å². The third kappa shape index (κ3) is 2.74. The van der Waals surface area contributed by atoms with Gasteiger partial charge in [-0.05, 0) is 17.7 Å². The SMILES string of the molecule is COCCN1COCC1c1ccc(Cl)cc1. The van der Waals surface area contributed by atoms with Crippen molar-refractivity contribution in [3.8, 4) is 0 Å². The molecule has 1 aromatic rings. The van der Waals surface area contributed by atoms with Crippen LogP contribution in [0.3, 0.4) is 0 Å². The molecule has 0 N–H and O–H groups in total. The van der Waals surface area contributed by atoms with E-state index in [4.69, 9.17) is 21.1 Å². The van der Waals surface area contributed by atoms with Crippen molar-refractivity contribution in [2.45, 2.75) is 6.04 Å². The monoisotopic (exact) mass is 241 g/mol. The second kappa shape index (κ2) is 5.64. The highest BCUT2D eigenvalue weighted by atomic mass is 35.5. The van der Waals surface area contributed by atoms with Crippen LogP contribution in [-0.2, 0) is 9.47 Å². The second-order valence-corrected chi connectivity index (χ2v) is 4.31. The van der Waals surface area contributed by atoms with Crippen molar-refractivity contribution in [3.05, 3.63) is 34.9 Å². The Balaban J connectivity index is 2.04. The van der Waals surface area contributed by atoms with Crippen molar-refractivity contribution in [3.63, 3.8) is 0 Å². The zero-order valence-electron chi connectivity index (χ0n) is 9.36. The maximum atomic E-state index is 5.87. The lowest BCUT2D eigenvalue weighted by Crippen LogP contribution is -2.27. The number of rotatable bonds is 4. The van der Waals surface area contributed by atoms with E-state index in [9.17, 15) is 0 Å². The fraction of sp³-hybridized carbons (Fsp3) is 0.500. The second-order valence-electron chi connectivity index (χ2n) is 3.87. The number of ether oxygens (including phenoxy) is 2. The minimum atomic E-state index is 0.326. The van der Waals surface area contributed by atoms with Crippen LogP contribution in [0.5, 0.6) is 0 Å². The lowest BCUT2D eigenvalue weighted by Gasteiger charge is -2.22. The van der Waals surface area contributed by atoms with Crippen LogP contribution in [0.25, 0.3) is 0 Å². The fourth-order valence-corrected chi connectivity index (χ4v) is 2.02. The van der Waals surface area contributed by atoms with Crippen molar-refractivity contribution in [1.29, 1.82) is 0 Å². The predicted octanol–water partition coefficient (Wildman–Crippen LogP) is 2.32. The van der Waals surface area contributed by atoms with Gasteiger partial charge in [0.1, 0.15) is 0 Å². The predicted molar refractivity (Wildman–Crippen MR) is 63.6 cm³/mol. The maximum absolute atomic E-state index is 5.87. The first kappa shape index (κ1) is 11.9. The summed E-state index contributed by atoms with van der Waals surface area (Å²) in [6, 6.07) is 8.28. The molecule has 1 fully saturated rings. The van der Waals surface area contributed by atoms with Gasteiger partial charge in [-0.15, -0.1) is 0 Å². The van der Waals surface area contributed by atoms with Crippen LogP contribution in [0.4, 0.5) is 0 Å². The van der Waals surface area contributed by atoms with Crippen LogP contribution in [0.15, 0.2) is 24.3 Å². The third-order valence-electron chi connectivity index (χ3n) is 2.81. The van der Waals surface area contributed by atoms with E-state index < -0.39 is 0 Å².